The molecule has 0 unspecified atom stereocenters. The molecule has 108 valence electrons. The van der Waals surface area contributed by atoms with Gasteiger partial charge in [-0.25, -0.2) is 0 Å². The molecule has 0 aliphatic rings. The number of nitro benzene ring substituents is 1. The van der Waals surface area contributed by atoms with Crippen LogP contribution in [-0.4, -0.2) is 21.0 Å². The van der Waals surface area contributed by atoms with Gasteiger partial charge in [-0.3, -0.25) is 15.1 Å². The van der Waals surface area contributed by atoms with Crippen molar-refractivity contribution in [1.29, 1.82) is 0 Å². The maximum absolute atomic E-state index is 10.9. The summed E-state index contributed by atoms with van der Waals surface area (Å²) in [5.41, 5.74) is 6.31. The van der Waals surface area contributed by atoms with Crippen molar-refractivity contribution in [1.82, 2.24) is 4.98 Å². The number of benzene rings is 1. The van der Waals surface area contributed by atoms with Crippen molar-refractivity contribution < 1.29 is 14.9 Å². The zero-order valence-electron chi connectivity index (χ0n) is 10.8. The van der Waals surface area contributed by atoms with Crippen LogP contribution in [0.4, 0.5) is 5.69 Å². The Morgan fingerprint density at radius 2 is 2.19 bits per heavy atom. The van der Waals surface area contributed by atoms with Gasteiger partial charge < -0.3 is 15.7 Å². The molecule has 0 saturated heterocycles. The molecule has 0 saturated carbocycles. The molecule has 8 heteroatoms. The minimum Gasteiger partial charge on any atom is -0.482 e. The van der Waals surface area contributed by atoms with E-state index >= 15 is 0 Å². The Bertz CT molecular complexity index is 687. The molecule has 0 aliphatic heterocycles. The van der Waals surface area contributed by atoms with E-state index in [2.05, 4.69) is 10.1 Å². The molecule has 8 nitrogen and oxygen atoms in total. The third-order valence-electron chi connectivity index (χ3n) is 2.65. The van der Waals surface area contributed by atoms with Crippen LogP contribution in [0.1, 0.15) is 11.3 Å². The third kappa shape index (κ3) is 3.44. The average molecular weight is 288 g/mol. The normalized spacial score (nSPS) is 11.1. The van der Waals surface area contributed by atoms with Crippen molar-refractivity contribution in [3.8, 4) is 5.75 Å². The SMILES string of the molecule is NC(=NO)c1cc(COc2ccccc2[N+](=O)[O-])ccn1. The number of nitro groups is 1. The summed E-state index contributed by atoms with van der Waals surface area (Å²) in [6.07, 6.45) is 1.48. The summed E-state index contributed by atoms with van der Waals surface area (Å²) in [5.74, 6) is 0.0483. The Kier molecular flexibility index (Phi) is 4.30. The van der Waals surface area contributed by atoms with Crippen LogP contribution < -0.4 is 10.5 Å². The van der Waals surface area contributed by atoms with Crippen LogP contribution in [0.15, 0.2) is 47.8 Å². The van der Waals surface area contributed by atoms with Crippen LogP contribution >= 0.6 is 0 Å². The van der Waals surface area contributed by atoms with Crippen molar-refractivity contribution >= 4 is 11.5 Å². The van der Waals surface area contributed by atoms with E-state index in [0.29, 0.717) is 11.3 Å². The number of aromatic nitrogens is 1. The fourth-order valence-electron chi connectivity index (χ4n) is 1.65. The van der Waals surface area contributed by atoms with Gasteiger partial charge in [0.15, 0.2) is 11.6 Å². The molecule has 0 atom stereocenters. The highest BCUT2D eigenvalue weighted by atomic mass is 16.6. The van der Waals surface area contributed by atoms with E-state index in [9.17, 15) is 10.1 Å². The lowest BCUT2D eigenvalue weighted by atomic mass is 10.2. The number of nitrogens with two attached hydrogens (primary N) is 1. The van der Waals surface area contributed by atoms with Crippen LogP contribution in [0.5, 0.6) is 5.75 Å². The number of hydrogen-bond acceptors (Lipinski definition) is 6. The van der Waals surface area contributed by atoms with Crippen molar-refractivity contribution in [2.24, 2.45) is 10.9 Å². The van der Waals surface area contributed by atoms with Gasteiger partial charge in [0.2, 0.25) is 0 Å². The van der Waals surface area contributed by atoms with Gasteiger partial charge in [0, 0.05) is 12.3 Å². The molecule has 21 heavy (non-hydrogen) atoms. The summed E-state index contributed by atoms with van der Waals surface area (Å²) in [6, 6.07) is 9.34. The van der Waals surface area contributed by atoms with Crippen LogP contribution in [0.3, 0.4) is 0 Å². The topological polar surface area (TPSA) is 124 Å². The Labute approximate surface area is 119 Å². The summed E-state index contributed by atoms with van der Waals surface area (Å²) >= 11 is 0. The number of hydrogen-bond donors (Lipinski definition) is 2. The zero-order chi connectivity index (χ0) is 15.2. The first-order valence-electron chi connectivity index (χ1n) is 5.91. The molecule has 0 radical (unpaired) electrons. The molecule has 3 N–H and O–H groups in total. The summed E-state index contributed by atoms with van der Waals surface area (Å²) in [5, 5.41) is 22.3. The van der Waals surface area contributed by atoms with Gasteiger partial charge in [0.25, 0.3) is 0 Å². The summed E-state index contributed by atoms with van der Waals surface area (Å²) < 4.78 is 5.44. The quantitative estimate of drug-likeness (QED) is 0.283. The second-order valence-electron chi connectivity index (χ2n) is 4.05. The van der Waals surface area contributed by atoms with Crippen molar-refractivity contribution in [2.75, 3.05) is 0 Å². The van der Waals surface area contributed by atoms with E-state index in [1.165, 1.54) is 18.3 Å². The third-order valence-corrected chi connectivity index (χ3v) is 2.65. The second-order valence-corrected chi connectivity index (χ2v) is 4.05. The first-order valence-corrected chi connectivity index (χ1v) is 5.91. The zero-order valence-corrected chi connectivity index (χ0v) is 10.8. The summed E-state index contributed by atoms with van der Waals surface area (Å²) in [6.45, 7) is 0.0963. The Morgan fingerprint density at radius 1 is 1.43 bits per heavy atom. The van der Waals surface area contributed by atoms with Gasteiger partial charge in [0.1, 0.15) is 12.3 Å². The summed E-state index contributed by atoms with van der Waals surface area (Å²) in [4.78, 5) is 14.3. The van der Waals surface area contributed by atoms with Gasteiger partial charge >= 0.3 is 5.69 Å². The van der Waals surface area contributed by atoms with E-state index in [4.69, 9.17) is 15.7 Å². The van der Waals surface area contributed by atoms with Gasteiger partial charge in [0.05, 0.1) is 4.92 Å². The first kappa shape index (κ1) is 14.3. The molecule has 1 aromatic heterocycles. The molecule has 0 bridgehead atoms. The van der Waals surface area contributed by atoms with Gasteiger partial charge in [-0.1, -0.05) is 17.3 Å². The number of para-hydroxylation sites is 2. The maximum Gasteiger partial charge on any atom is 0.310 e. The molecule has 1 heterocycles. The number of rotatable bonds is 5. The highest BCUT2D eigenvalue weighted by Crippen LogP contribution is 2.26. The highest BCUT2D eigenvalue weighted by Gasteiger charge is 2.13. The maximum atomic E-state index is 10.9. The number of ether oxygens (including phenoxy) is 1. The minimum atomic E-state index is -0.510. The number of oxime groups is 1. The van der Waals surface area contributed by atoms with Gasteiger partial charge in [-0.2, -0.15) is 0 Å². The number of pyridine rings is 1. The van der Waals surface area contributed by atoms with Gasteiger partial charge in [-0.05, 0) is 23.8 Å². The van der Waals surface area contributed by atoms with Gasteiger partial charge in [-0.15, -0.1) is 0 Å². The van der Waals surface area contributed by atoms with E-state index in [-0.39, 0.29) is 23.9 Å². The Morgan fingerprint density at radius 3 is 2.90 bits per heavy atom. The van der Waals surface area contributed by atoms with Crippen LogP contribution in [0, 0.1) is 10.1 Å². The molecule has 0 aliphatic carbocycles. The standard InChI is InChI=1S/C13H12N4O4/c14-13(16-18)10-7-9(5-6-15-10)8-21-12-4-2-1-3-11(12)17(19)20/h1-7,18H,8H2,(H2,14,16). The van der Waals surface area contributed by atoms with E-state index in [1.54, 1.807) is 24.3 Å². The van der Waals surface area contributed by atoms with E-state index < -0.39 is 4.92 Å². The average Bonchev–Trinajstić information content (AvgIpc) is 2.52. The molecule has 1 aromatic carbocycles. The number of nitrogens with zero attached hydrogens (tertiary/aromatic N) is 3. The monoisotopic (exact) mass is 288 g/mol. The highest BCUT2D eigenvalue weighted by molar-refractivity contribution is 5.95. The summed E-state index contributed by atoms with van der Waals surface area (Å²) in [7, 11) is 0. The smallest absolute Gasteiger partial charge is 0.310 e. The van der Waals surface area contributed by atoms with Crippen molar-refractivity contribution in [3.63, 3.8) is 0 Å². The van der Waals surface area contributed by atoms with Crippen LogP contribution in [-0.2, 0) is 6.61 Å². The molecule has 2 rings (SSSR count). The molecular weight excluding hydrogens is 276 g/mol. The van der Waals surface area contributed by atoms with E-state index in [0.717, 1.165) is 0 Å². The predicted molar refractivity (Wildman–Crippen MR) is 74.2 cm³/mol. The minimum absolute atomic E-state index is 0.0963. The molecule has 0 fully saturated rings. The molecule has 0 amide bonds. The molecular formula is C13H12N4O4. The lowest BCUT2D eigenvalue weighted by molar-refractivity contribution is -0.385. The van der Waals surface area contributed by atoms with E-state index in [1.807, 2.05) is 0 Å². The Balaban J connectivity index is 2.16. The van der Waals surface area contributed by atoms with Crippen LogP contribution in [0.2, 0.25) is 0 Å². The van der Waals surface area contributed by atoms with Crippen molar-refractivity contribution in [2.45, 2.75) is 6.61 Å². The first-order chi connectivity index (χ1) is 10.1. The molecule has 2 aromatic rings. The van der Waals surface area contributed by atoms with Crippen molar-refractivity contribution in [3.05, 3.63) is 64.0 Å². The second kappa shape index (κ2) is 6.33. The largest absolute Gasteiger partial charge is 0.482 e. The predicted octanol–water partition coefficient (Wildman–Crippen LogP) is 1.66. The fourth-order valence-corrected chi connectivity index (χ4v) is 1.65. The number of amidine groups is 1. The lowest BCUT2D eigenvalue weighted by Gasteiger charge is -2.07. The molecule has 0 spiro atoms. The Hall–Kier alpha value is -3.16. The lowest BCUT2D eigenvalue weighted by Crippen LogP contribution is -2.15. The fraction of sp³-hybridized carbons (Fsp3) is 0.0769. The van der Waals surface area contributed by atoms with Crippen LogP contribution in [0.25, 0.3) is 0 Å².